The van der Waals surface area contributed by atoms with E-state index in [1.54, 1.807) is 4.90 Å². The summed E-state index contributed by atoms with van der Waals surface area (Å²) in [4.78, 5) is 16.1. The van der Waals surface area contributed by atoms with E-state index < -0.39 is 40.7 Å². The molecule has 1 fully saturated rings. The molecule has 3 nitrogen and oxygen atoms in total. The molecule has 0 aliphatic carbocycles. The van der Waals surface area contributed by atoms with Gasteiger partial charge < -0.3 is 9.80 Å². The Hall–Kier alpha value is -3.42. The van der Waals surface area contributed by atoms with E-state index >= 15 is 0 Å². The third-order valence-corrected chi connectivity index (χ3v) is 5.61. The number of halogens is 5. The third kappa shape index (κ3) is 3.92. The molecule has 0 bridgehead atoms. The van der Waals surface area contributed by atoms with Crippen molar-refractivity contribution in [3.8, 4) is 0 Å². The van der Waals surface area contributed by atoms with Crippen molar-refractivity contribution in [3.05, 3.63) is 101 Å². The normalized spacial score (nSPS) is 14.2. The van der Waals surface area contributed by atoms with Gasteiger partial charge in [-0.3, -0.25) is 4.79 Å². The van der Waals surface area contributed by atoms with Crippen LogP contribution in [0.4, 0.5) is 27.6 Å². The highest BCUT2D eigenvalue weighted by molar-refractivity contribution is 5.87. The number of benzene rings is 3. The Morgan fingerprint density at radius 3 is 1.47 bits per heavy atom. The molecule has 166 valence electrons. The number of rotatable bonds is 4. The molecule has 0 unspecified atom stereocenters. The predicted molar refractivity (Wildman–Crippen MR) is 110 cm³/mol. The van der Waals surface area contributed by atoms with Crippen molar-refractivity contribution in [2.45, 2.75) is 5.92 Å². The molecule has 0 N–H and O–H groups in total. The Bertz CT molecular complexity index is 1050. The first-order valence-corrected chi connectivity index (χ1v) is 10.0. The van der Waals surface area contributed by atoms with Crippen LogP contribution in [-0.2, 0) is 4.79 Å². The summed E-state index contributed by atoms with van der Waals surface area (Å²) in [6.45, 7) is 0.0176. The second kappa shape index (κ2) is 8.98. The van der Waals surface area contributed by atoms with E-state index in [2.05, 4.69) is 0 Å². The summed E-state index contributed by atoms with van der Waals surface area (Å²) in [5.74, 6) is -10.7. The van der Waals surface area contributed by atoms with Gasteiger partial charge in [-0.05, 0) is 11.1 Å². The standard InChI is InChI=1S/C24H19F5N2O/c25-18-19(26)21(28)23(22(29)20(18)27)30-11-13-31(14-12-30)24(32)17(15-7-3-1-4-8-15)16-9-5-2-6-10-16/h1-10,17H,11-14H2. The fourth-order valence-corrected chi connectivity index (χ4v) is 3.97. The number of carbonyl (C=O) groups is 1. The molecular weight excluding hydrogens is 427 g/mol. The van der Waals surface area contributed by atoms with Crippen LogP contribution in [0.5, 0.6) is 0 Å². The van der Waals surface area contributed by atoms with Gasteiger partial charge in [0.05, 0.1) is 5.92 Å². The first-order valence-electron chi connectivity index (χ1n) is 10.0. The summed E-state index contributed by atoms with van der Waals surface area (Å²) in [5.41, 5.74) is 0.632. The third-order valence-electron chi connectivity index (χ3n) is 5.61. The van der Waals surface area contributed by atoms with E-state index in [1.807, 2.05) is 60.7 Å². The van der Waals surface area contributed by atoms with Gasteiger partial charge in [-0.2, -0.15) is 0 Å². The molecule has 1 amide bonds. The minimum absolute atomic E-state index is 0.0691. The zero-order valence-corrected chi connectivity index (χ0v) is 16.9. The molecule has 1 saturated heterocycles. The van der Waals surface area contributed by atoms with E-state index in [0.717, 1.165) is 16.0 Å². The SMILES string of the molecule is O=C(C(c1ccccc1)c1ccccc1)N1CCN(c2c(F)c(F)c(F)c(F)c2F)CC1. The summed E-state index contributed by atoms with van der Waals surface area (Å²) in [6.07, 6.45) is 0. The average Bonchev–Trinajstić information content (AvgIpc) is 2.83. The highest BCUT2D eigenvalue weighted by atomic mass is 19.2. The van der Waals surface area contributed by atoms with Gasteiger partial charge in [0.1, 0.15) is 5.69 Å². The molecular formula is C24H19F5N2O. The zero-order chi connectivity index (χ0) is 22.8. The number of amides is 1. The number of anilines is 1. The molecule has 8 heteroatoms. The lowest BCUT2D eigenvalue weighted by Crippen LogP contribution is -2.50. The predicted octanol–water partition coefficient (Wildman–Crippen LogP) is 4.86. The van der Waals surface area contributed by atoms with E-state index in [9.17, 15) is 26.7 Å². The summed E-state index contributed by atoms with van der Waals surface area (Å²) in [6, 6.07) is 18.4. The smallest absolute Gasteiger partial charge is 0.234 e. The monoisotopic (exact) mass is 446 g/mol. The molecule has 0 atom stereocenters. The highest BCUT2D eigenvalue weighted by Crippen LogP contribution is 2.32. The molecule has 0 saturated carbocycles. The second-order valence-corrected chi connectivity index (χ2v) is 7.49. The topological polar surface area (TPSA) is 23.6 Å². The van der Waals surface area contributed by atoms with Crippen molar-refractivity contribution in [1.82, 2.24) is 4.90 Å². The van der Waals surface area contributed by atoms with Gasteiger partial charge in [-0.1, -0.05) is 60.7 Å². The number of piperazine rings is 1. The lowest BCUT2D eigenvalue weighted by atomic mass is 9.90. The molecule has 3 aromatic rings. The van der Waals surface area contributed by atoms with Crippen molar-refractivity contribution in [2.24, 2.45) is 0 Å². The minimum atomic E-state index is -2.19. The second-order valence-electron chi connectivity index (χ2n) is 7.49. The maximum atomic E-state index is 14.2. The van der Waals surface area contributed by atoms with Crippen LogP contribution >= 0.6 is 0 Å². The lowest BCUT2D eigenvalue weighted by Gasteiger charge is -2.38. The van der Waals surface area contributed by atoms with Gasteiger partial charge in [0.2, 0.25) is 11.7 Å². The van der Waals surface area contributed by atoms with Crippen LogP contribution in [0.25, 0.3) is 0 Å². The van der Waals surface area contributed by atoms with Crippen molar-refractivity contribution in [3.63, 3.8) is 0 Å². The Balaban J connectivity index is 1.57. The van der Waals surface area contributed by atoms with Gasteiger partial charge in [0.15, 0.2) is 23.3 Å². The molecule has 0 spiro atoms. The van der Waals surface area contributed by atoms with Crippen LogP contribution in [0.2, 0.25) is 0 Å². The summed E-state index contributed by atoms with van der Waals surface area (Å²) >= 11 is 0. The van der Waals surface area contributed by atoms with Gasteiger partial charge in [0, 0.05) is 26.2 Å². The first kappa shape index (κ1) is 21.8. The molecule has 1 aliphatic heterocycles. The van der Waals surface area contributed by atoms with E-state index in [1.165, 1.54) is 0 Å². The molecule has 1 heterocycles. The number of hydrogen-bond acceptors (Lipinski definition) is 2. The molecule has 0 aromatic heterocycles. The Morgan fingerprint density at radius 1 is 0.625 bits per heavy atom. The average molecular weight is 446 g/mol. The van der Waals surface area contributed by atoms with Crippen LogP contribution in [0.15, 0.2) is 60.7 Å². The van der Waals surface area contributed by atoms with Crippen molar-refractivity contribution in [1.29, 1.82) is 0 Å². The lowest BCUT2D eigenvalue weighted by molar-refractivity contribution is -0.132. The molecule has 4 rings (SSSR count). The maximum absolute atomic E-state index is 14.2. The van der Waals surface area contributed by atoms with E-state index in [-0.39, 0.29) is 32.1 Å². The summed E-state index contributed by atoms with van der Waals surface area (Å²) in [5, 5.41) is 0. The fourth-order valence-electron chi connectivity index (χ4n) is 3.97. The quantitative estimate of drug-likeness (QED) is 0.325. The Labute approximate surface area is 181 Å². The van der Waals surface area contributed by atoms with Crippen molar-refractivity contribution in [2.75, 3.05) is 31.1 Å². The Kier molecular flexibility index (Phi) is 6.12. The molecule has 1 aliphatic rings. The zero-order valence-electron chi connectivity index (χ0n) is 16.9. The first-order chi connectivity index (χ1) is 15.4. The largest absolute Gasteiger partial charge is 0.363 e. The Morgan fingerprint density at radius 2 is 1.03 bits per heavy atom. The molecule has 32 heavy (non-hydrogen) atoms. The van der Waals surface area contributed by atoms with E-state index in [4.69, 9.17) is 0 Å². The van der Waals surface area contributed by atoms with Crippen LogP contribution in [0.3, 0.4) is 0 Å². The summed E-state index contributed by atoms with van der Waals surface area (Å²) < 4.78 is 68.9. The highest BCUT2D eigenvalue weighted by Gasteiger charge is 2.33. The molecule has 3 aromatic carbocycles. The minimum Gasteiger partial charge on any atom is -0.363 e. The molecule has 0 radical (unpaired) electrons. The number of carbonyl (C=O) groups excluding carboxylic acids is 1. The fraction of sp³-hybridized carbons (Fsp3) is 0.208. The van der Waals surface area contributed by atoms with Crippen molar-refractivity contribution < 1.29 is 26.7 Å². The van der Waals surface area contributed by atoms with Gasteiger partial charge >= 0.3 is 0 Å². The van der Waals surface area contributed by atoms with Gasteiger partial charge in [-0.25, -0.2) is 22.0 Å². The van der Waals surface area contributed by atoms with Gasteiger partial charge in [-0.15, -0.1) is 0 Å². The number of hydrogen-bond donors (Lipinski definition) is 0. The van der Waals surface area contributed by atoms with Crippen molar-refractivity contribution >= 4 is 11.6 Å². The van der Waals surface area contributed by atoms with Crippen LogP contribution in [0, 0.1) is 29.1 Å². The van der Waals surface area contributed by atoms with Crippen LogP contribution in [0.1, 0.15) is 17.0 Å². The van der Waals surface area contributed by atoms with Crippen LogP contribution < -0.4 is 4.90 Å². The van der Waals surface area contributed by atoms with Gasteiger partial charge in [0.25, 0.3) is 0 Å². The maximum Gasteiger partial charge on any atom is 0.234 e. The van der Waals surface area contributed by atoms with E-state index in [0.29, 0.717) is 0 Å². The number of nitrogens with zero attached hydrogens (tertiary/aromatic N) is 2. The van der Waals surface area contributed by atoms with Crippen LogP contribution in [-0.4, -0.2) is 37.0 Å². The summed E-state index contributed by atoms with van der Waals surface area (Å²) in [7, 11) is 0.